The number of benzene rings is 3. The number of hydrogen-bond acceptors (Lipinski definition) is 4. The SMILES string of the molecule is COc1cccc(-c2cccc3c2CC[C@H]3Oc2ccc(C3=CC(=O)NS3=O)cc2)c1. The van der Waals surface area contributed by atoms with Crippen LogP contribution in [0.1, 0.15) is 29.2 Å². The summed E-state index contributed by atoms with van der Waals surface area (Å²) >= 11 is 0. The van der Waals surface area contributed by atoms with Gasteiger partial charge in [-0.2, -0.15) is 0 Å². The first-order valence-electron chi connectivity index (χ1n) is 10.1. The third-order valence-corrected chi connectivity index (χ3v) is 6.81. The molecule has 0 saturated carbocycles. The Balaban J connectivity index is 1.38. The number of rotatable bonds is 5. The van der Waals surface area contributed by atoms with Gasteiger partial charge in [-0.1, -0.05) is 42.5 Å². The molecule has 0 radical (unpaired) electrons. The van der Waals surface area contributed by atoms with Gasteiger partial charge in [0.1, 0.15) is 17.6 Å². The van der Waals surface area contributed by atoms with Crippen LogP contribution < -0.4 is 14.2 Å². The second-order valence-electron chi connectivity index (χ2n) is 7.52. The molecule has 3 aromatic rings. The molecule has 0 aromatic heterocycles. The topological polar surface area (TPSA) is 64.6 Å². The fourth-order valence-electron chi connectivity index (χ4n) is 4.20. The minimum absolute atomic E-state index is 0.0190. The first-order chi connectivity index (χ1) is 15.1. The van der Waals surface area contributed by atoms with Crippen LogP contribution in [0.15, 0.2) is 72.8 Å². The molecule has 0 bridgehead atoms. The highest BCUT2D eigenvalue weighted by Gasteiger charge is 2.27. The average Bonchev–Trinajstić information content (AvgIpc) is 3.36. The summed E-state index contributed by atoms with van der Waals surface area (Å²) in [5.41, 5.74) is 5.62. The number of amides is 1. The fourth-order valence-corrected chi connectivity index (χ4v) is 5.12. The van der Waals surface area contributed by atoms with E-state index in [4.69, 9.17) is 9.47 Å². The Morgan fingerprint density at radius 2 is 1.77 bits per heavy atom. The highest BCUT2D eigenvalue weighted by Crippen LogP contribution is 2.40. The van der Waals surface area contributed by atoms with Crippen molar-refractivity contribution in [1.82, 2.24) is 4.72 Å². The first-order valence-corrected chi connectivity index (χ1v) is 11.2. The molecule has 5 nitrogen and oxygen atoms in total. The Morgan fingerprint density at radius 1 is 0.968 bits per heavy atom. The van der Waals surface area contributed by atoms with Gasteiger partial charge in [0.05, 0.1) is 12.0 Å². The van der Waals surface area contributed by atoms with Crippen LogP contribution in [0.5, 0.6) is 11.5 Å². The number of ether oxygens (including phenoxy) is 2. The molecule has 3 aromatic carbocycles. The minimum Gasteiger partial charge on any atom is -0.497 e. The molecule has 6 heteroatoms. The Bertz CT molecular complexity index is 1220. The normalized spacial score (nSPS) is 19.5. The lowest BCUT2D eigenvalue weighted by atomic mass is 9.96. The lowest BCUT2D eigenvalue weighted by Crippen LogP contribution is -2.16. The summed E-state index contributed by atoms with van der Waals surface area (Å²) in [4.78, 5) is 11.9. The van der Waals surface area contributed by atoms with E-state index in [0.29, 0.717) is 4.91 Å². The predicted octanol–water partition coefficient (Wildman–Crippen LogP) is 4.56. The van der Waals surface area contributed by atoms with Gasteiger partial charge in [-0.05, 0) is 64.9 Å². The Morgan fingerprint density at radius 3 is 2.52 bits per heavy atom. The predicted molar refractivity (Wildman–Crippen MR) is 121 cm³/mol. The molecule has 1 aliphatic carbocycles. The molecule has 2 atom stereocenters. The van der Waals surface area contributed by atoms with Crippen molar-refractivity contribution in [3.63, 3.8) is 0 Å². The Hall–Kier alpha value is -3.38. The molecule has 1 amide bonds. The molecule has 0 spiro atoms. The molecule has 1 aliphatic heterocycles. The van der Waals surface area contributed by atoms with Crippen LogP contribution >= 0.6 is 0 Å². The number of carbonyl (C=O) groups is 1. The second kappa shape index (κ2) is 8.04. The van der Waals surface area contributed by atoms with Gasteiger partial charge in [0.2, 0.25) is 0 Å². The summed E-state index contributed by atoms with van der Waals surface area (Å²) in [5.74, 6) is 1.26. The lowest BCUT2D eigenvalue weighted by Gasteiger charge is -2.16. The third kappa shape index (κ3) is 3.75. The van der Waals surface area contributed by atoms with Crippen molar-refractivity contribution in [3.8, 4) is 22.6 Å². The van der Waals surface area contributed by atoms with Gasteiger partial charge in [-0.15, -0.1) is 0 Å². The zero-order valence-corrected chi connectivity index (χ0v) is 17.8. The highest BCUT2D eigenvalue weighted by atomic mass is 32.2. The summed E-state index contributed by atoms with van der Waals surface area (Å²) < 4.78 is 26.0. The van der Waals surface area contributed by atoms with Gasteiger partial charge >= 0.3 is 0 Å². The van der Waals surface area contributed by atoms with Gasteiger partial charge in [0, 0.05) is 6.08 Å². The molecule has 1 heterocycles. The molecule has 0 saturated heterocycles. The van der Waals surface area contributed by atoms with Crippen LogP contribution in [-0.4, -0.2) is 17.2 Å². The van der Waals surface area contributed by atoms with Gasteiger partial charge in [-0.25, -0.2) is 4.21 Å². The Kier molecular flexibility index (Phi) is 5.08. The van der Waals surface area contributed by atoms with Crippen LogP contribution in [0, 0.1) is 0 Å². The molecule has 1 unspecified atom stereocenters. The molecule has 5 rings (SSSR count). The molecular formula is C25H21NO4S. The monoisotopic (exact) mass is 431 g/mol. The smallest absolute Gasteiger partial charge is 0.257 e. The summed E-state index contributed by atoms with van der Waals surface area (Å²) in [7, 11) is 0.186. The summed E-state index contributed by atoms with van der Waals surface area (Å²) in [6.07, 6.45) is 3.21. The van der Waals surface area contributed by atoms with E-state index < -0.39 is 11.0 Å². The van der Waals surface area contributed by atoms with E-state index in [1.807, 2.05) is 36.4 Å². The lowest BCUT2D eigenvalue weighted by molar-refractivity contribution is -0.114. The van der Waals surface area contributed by atoms with Crippen molar-refractivity contribution < 1.29 is 18.5 Å². The van der Waals surface area contributed by atoms with Crippen LogP contribution in [0.25, 0.3) is 16.0 Å². The molecule has 2 aliphatic rings. The van der Waals surface area contributed by atoms with E-state index in [-0.39, 0.29) is 12.0 Å². The van der Waals surface area contributed by atoms with Crippen molar-refractivity contribution in [2.75, 3.05) is 7.11 Å². The third-order valence-electron chi connectivity index (χ3n) is 5.67. The molecule has 156 valence electrons. The maximum absolute atomic E-state index is 11.9. The van der Waals surface area contributed by atoms with Gasteiger partial charge in [0.25, 0.3) is 5.91 Å². The van der Waals surface area contributed by atoms with Crippen molar-refractivity contribution >= 4 is 21.8 Å². The quantitative estimate of drug-likeness (QED) is 0.643. The summed E-state index contributed by atoms with van der Waals surface area (Å²) in [6, 6.07) is 21.9. The maximum atomic E-state index is 11.9. The zero-order valence-electron chi connectivity index (χ0n) is 17.0. The van der Waals surface area contributed by atoms with Crippen LogP contribution in [0.4, 0.5) is 0 Å². The molecule has 31 heavy (non-hydrogen) atoms. The number of carbonyl (C=O) groups excluding carboxylic acids is 1. The van der Waals surface area contributed by atoms with Gasteiger partial charge < -0.3 is 9.47 Å². The summed E-state index contributed by atoms with van der Waals surface area (Å²) in [6.45, 7) is 0. The van der Waals surface area contributed by atoms with Gasteiger partial charge in [-0.3, -0.25) is 9.52 Å². The Labute approximate surface area is 183 Å². The van der Waals surface area contributed by atoms with E-state index in [2.05, 4.69) is 35.1 Å². The number of nitrogens with one attached hydrogen (secondary N) is 1. The van der Waals surface area contributed by atoms with Crippen molar-refractivity contribution in [1.29, 1.82) is 0 Å². The van der Waals surface area contributed by atoms with E-state index in [1.165, 1.54) is 22.8 Å². The number of methoxy groups -OCH3 is 1. The standard InChI is InChI=1S/C25H21NO4S/c1-29-19-5-2-4-17(14-19)20-6-3-7-22-21(20)12-13-23(22)30-18-10-8-16(9-11-18)24-15-25(27)26-31(24)28/h2-11,14-15,23H,12-13H2,1H3,(H,26,27)/t23-,31?/m1/s1. The average molecular weight is 432 g/mol. The van der Waals surface area contributed by atoms with Crippen molar-refractivity contribution in [2.24, 2.45) is 0 Å². The van der Waals surface area contributed by atoms with Crippen molar-refractivity contribution in [3.05, 3.63) is 89.5 Å². The van der Waals surface area contributed by atoms with Crippen LogP contribution in [-0.2, 0) is 22.2 Å². The number of fused-ring (bicyclic) bond motifs is 1. The maximum Gasteiger partial charge on any atom is 0.257 e. The van der Waals surface area contributed by atoms with Gasteiger partial charge in [0.15, 0.2) is 11.0 Å². The summed E-state index contributed by atoms with van der Waals surface area (Å²) in [5, 5.41) is 0. The molecule has 1 N–H and O–H groups in total. The highest BCUT2D eigenvalue weighted by molar-refractivity contribution is 7.93. The fraction of sp³-hybridized carbons (Fsp3) is 0.160. The molecule has 0 fully saturated rings. The van der Waals surface area contributed by atoms with E-state index >= 15 is 0 Å². The number of hydrogen-bond donors (Lipinski definition) is 1. The van der Waals surface area contributed by atoms with Crippen molar-refractivity contribution in [2.45, 2.75) is 18.9 Å². The first kappa shape index (κ1) is 19.6. The van der Waals surface area contributed by atoms with Crippen LogP contribution in [0.3, 0.4) is 0 Å². The van der Waals surface area contributed by atoms with Crippen LogP contribution in [0.2, 0.25) is 0 Å². The zero-order chi connectivity index (χ0) is 21.4. The minimum atomic E-state index is -1.49. The van der Waals surface area contributed by atoms with E-state index in [0.717, 1.165) is 35.5 Å². The molecular weight excluding hydrogens is 410 g/mol. The van der Waals surface area contributed by atoms with E-state index in [9.17, 15) is 9.00 Å². The van der Waals surface area contributed by atoms with E-state index in [1.54, 1.807) is 7.11 Å². The second-order valence-corrected chi connectivity index (χ2v) is 8.70. The largest absolute Gasteiger partial charge is 0.497 e.